The number of rotatable bonds is 6. The minimum atomic E-state index is -3.52. The minimum Gasteiger partial charge on any atom is -0.349 e. The van der Waals surface area contributed by atoms with E-state index in [2.05, 4.69) is 4.98 Å². The molecule has 0 amide bonds. The average molecular weight is 334 g/mol. The minimum absolute atomic E-state index is 0.263. The largest absolute Gasteiger partial charge is 0.349 e. The van der Waals surface area contributed by atoms with E-state index >= 15 is 0 Å². The molecule has 5 nitrogen and oxygen atoms in total. The van der Waals surface area contributed by atoms with Crippen molar-refractivity contribution in [2.45, 2.75) is 30.8 Å². The lowest BCUT2D eigenvalue weighted by molar-refractivity contribution is 0.463. The molecule has 0 aromatic carbocycles. The number of hydrogen-bond donors (Lipinski definition) is 0. The molecule has 0 aliphatic heterocycles. The maximum atomic E-state index is 12.5. The highest BCUT2D eigenvalue weighted by atomic mass is 35.5. The first-order chi connectivity index (χ1) is 9.48. The maximum absolute atomic E-state index is 12.5. The Morgan fingerprint density at radius 2 is 2.25 bits per heavy atom. The number of sulfonamides is 1. The van der Waals surface area contributed by atoms with Gasteiger partial charge in [-0.15, -0.1) is 22.9 Å². The Labute approximate surface area is 127 Å². The van der Waals surface area contributed by atoms with Gasteiger partial charge in [0.05, 0.1) is 23.6 Å². The van der Waals surface area contributed by atoms with E-state index in [1.54, 1.807) is 24.8 Å². The van der Waals surface area contributed by atoms with Crippen LogP contribution < -0.4 is 0 Å². The van der Waals surface area contributed by atoms with Crippen molar-refractivity contribution in [3.05, 3.63) is 34.5 Å². The van der Waals surface area contributed by atoms with Crippen LogP contribution in [0.25, 0.3) is 0 Å². The Morgan fingerprint density at radius 1 is 1.50 bits per heavy atom. The Balaban J connectivity index is 2.27. The summed E-state index contributed by atoms with van der Waals surface area (Å²) in [6, 6.07) is 1.63. The molecule has 0 spiro atoms. The molecule has 0 aliphatic rings. The molecule has 0 N–H and O–H groups in total. The van der Waals surface area contributed by atoms with Gasteiger partial charge in [0.2, 0.25) is 10.0 Å². The van der Waals surface area contributed by atoms with Gasteiger partial charge in [-0.2, -0.15) is 4.31 Å². The summed E-state index contributed by atoms with van der Waals surface area (Å²) in [6.45, 7) is 2.90. The van der Waals surface area contributed by atoms with E-state index in [-0.39, 0.29) is 11.4 Å². The number of halogens is 1. The van der Waals surface area contributed by atoms with Gasteiger partial charge < -0.3 is 4.57 Å². The lowest BCUT2D eigenvalue weighted by Crippen LogP contribution is -2.26. The molecule has 0 saturated carbocycles. The molecule has 2 aromatic rings. The second-order valence-corrected chi connectivity index (χ2v) is 7.36. The van der Waals surface area contributed by atoms with E-state index < -0.39 is 10.0 Å². The van der Waals surface area contributed by atoms with Gasteiger partial charge in [0.25, 0.3) is 0 Å². The van der Waals surface area contributed by atoms with Crippen molar-refractivity contribution in [1.82, 2.24) is 13.9 Å². The molecule has 0 bridgehead atoms. The van der Waals surface area contributed by atoms with E-state index in [1.807, 2.05) is 16.9 Å². The predicted molar refractivity (Wildman–Crippen MR) is 80.4 cm³/mol. The van der Waals surface area contributed by atoms with Gasteiger partial charge in [0, 0.05) is 30.9 Å². The highest BCUT2D eigenvalue weighted by Gasteiger charge is 2.23. The quantitative estimate of drug-likeness (QED) is 0.763. The van der Waals surface area contributed by atoms with Crippen molar-refractivity contribution >= 4 is 33.0 Å². The van der Waals surface area contributed by atoms with Crippen LogP contribution in [-0.2, 0) is 29.0 Å². The lowest BCUT2D eigenvalue weighted by atomic mass is 10.5. The molecule has 110 valence electrons. The normalized spacial score (nSPS) is 12.2. The molecule has 2 heterocycles. The van der Waals surface area contributed by atoms with Crippen LogP contribution in [0.4, 0.5) is 0 Å². The molecule has 20 heavy (non-hydrogen) atoms. The number of alkyl halides is 1. The molecular weight excluding hydrogens is 318 g/mol. The maximum Gasteiger partial charge on any atom is 0.244 e. The van der Waals surface area contributed by atoms with Crippen molar-refractivity contribution in [3.8, 4) is 0 Å². The van der Waals surface area contributed by atoms with Crippen molar-refractivity contribution < 1.29 is 8.42 Å². The third-order valence-electron chi connectivity index (χ3n) is 3.01. The fraction of sp³-hybridized carbons (Fsp3) is 0.417. The van der Waals surface area contributed by atoms with Gasteiger partial charge in [0.1, 0.15) is 4.90 Å². The van der Waals surface area contributed by atoms with Crippen molar-refractivity contribution in [3.63, 3.8) is 0 Å². The fourth-order valence-corrected chi connectivity index (χ4v) is 3.87. The fourth-order valence-electron chi connectivity index (χ4n) is 1.88. The highest BCUT2D eigenvalue weighted by molar-refractivity contribution is 7.89. The molecule has 0 unspecified atom stereocenters. The van der Waals surface area contributed by atoms with Gasteiger partial charge in [-0.25, -0.2) is 13.4 Å². The number of thiazole rings is 1. The second kappa shape index (κ2) is 6.26. The number of nitrogens with zero attached hydrogens (tertiary/aromatic N) is 3. The van der Waals surface area contributed by atoms with E-state index in [0.717, 1.165) is 11.4 Å². The molecule has 0 saturated heterocycles. The van der Waals surface area contributed by atoms with Crippen LogP contribution >= 0.6 is 22.9 Å². The third kappa shape index (κ3) is 3.06. The zero-order chi connectivity index (χ0) is 14.8. The Hall–Kier alpha value is -0.890. The summed E-state index contributed by atoms with van der Waals surface area (Å²) in [5.41, 5.74) is 3.23. The predicted octanol–water partition coefficient (Wildman–Crippen LogP) is 2.52. The zero-order valence-corrected chi connectivity index (χ0v) is 13.7. The summed E-state index contributed by atoms with van der Waals surface area (Å²) in [7, 11) is -1.96. The average Bonchev–Trinajstić information content (AvgIpc) is 3.06. The summed E-state index contributed by atoms with van der Waals surface area (Å²) < 4.78 is 28.1. The van der Waals surface area contributed by atoms with Crippen LogP contribution in [0.2, 0.25) is 0 Å². The molecule has 0 aliphatic carbocycles. The second-order valence-electron chi connectivity index (χ2n) is 4.33. The van der Waals surface area contributed by atoms with E-state index in [9.17, 15) is 8.42 Å². The van der Waals surface area contributed by atoms with Crippen molar-refractivity contribution in [1.29, 1.82) is 0 Å². The third-order valence-corrected chi connectivity index (χ3v) is 5.69. The Bertz CT molecular complexity index is 643. The van der Waals surface area contributed by atoms with Gasteiger partial charge in [0.15, 0.2) is 0 Å². The summed E-state index contributed by atoms with van der Waals surface area (Å²) in [4.78, 5) is 4.38. The molecule has 2 aromatic heterocycles. The van der Waals surface area contributed by atoms with Crippen LogP contribution in [0, 0.1) is 0 Å². The topological polar surface area (TPSA) is 55.2 Å². The highest BCUT2D eigenvalue weighted by Crippen LogP contribution is 2.21. The number of hydrogen-bond acceptors (Lipinski definition) is 4. The summed E-state index contributed by atoms with van der Waals surface area (Å²) in [5.74, 6) is 0.291. The molecule has 2 rings (SSSR count). The van der Waals surface area contributed by atoms with E-state index in [1.165, 1.54) is 15.6 Å². The van der Waals surface area contributed by atoms with Gasteiger partial charge in [-0.3, -0.25) is 0 Å². The summed E-state index contributed by atoms with van der Waals surface area (Å²) in [5, 5.41) is 1.84. The summed E-state index contributed by atoms with van der Waals surface area (Å²) in [6.07, 6.45) is 1.63. The first-order valence-electron chi connectivity index (χ1n) is 6.07. The zero-order valence-electron chi connectivity index (χ0n) is 11.3. The van der Waals surface area contributed by atoms with E-state index in [4.69, 9.17) is 11.6 Å². The monoisotopic (exact) mass is 333 g/mol. The van der Waals surface area contributed by atoms with Crippen LogP contribution in [-0.4, -0.2) is 29.3 Å². The molecule has 0 atom stereocenters. The number of aryl methyl sites for hydroxylation is 1. The summed E-state index contributed by atoms with van der Waals surface area (Å²) >= 11 is 7.28. The first-order valence-corrected chi connectivity index (χ1v) is 8.99. The smallest absolute Gasteiger partial charge is 0.244 e. The van der Waals surface area contributed by atoms with Crippen LogP contribution in [0.1, 0.15) is 18.3 Å². The van der Waals surface area contributed by atoms with E-state index in [0.29, 0.717) is 12.4 Å². The Morgan fingerprint density at radius 3 is 2.75 bits per heavy atom. The van der Waals surface area contributed by atoms with Crippen LogP contribution in [0.5, 0.6) is 0 Å². The molecule has 0 radical (unpaired) electrons. The standard InChI is InChI=1S/C12H16ClN3O2S2/c1-3-16-7-12(4-11(16)5-13)20(17,18)15(2)6-10-8-19-9-14-10/h4,7-9H,3,5-6H2,1-2H3. The van der Waals surface area contributed by atoms with Gasteiger partial charge in [-0.1, -0.05) is 0 Å². The van der Waals surface area contributed by atoms with Crippen molar-refractivity contribution in [2.24, 2.45) is 0 Å². The SMILES string of the molecule is CCn1cc(S(=O)(=O)N(C)Cc2cscn2)cc1CCl. The number of aromatic nitrogens is 2. The van der Waals surface area contributed by atoms with Crippen LogP contribution in [0.3, 0.4) is 0 Å². The molecular formula is C12H16ClN3O2S2. The van der Waals surface area contributed by atoms with Crippen molar-refractivity contribution in [2.75, 3.05) is 7.05 Å². The van der Waals surface area contributed by atoms with Gasteiger partial charge >= 0.3 is 0 Å². The van der Waals surface area contributed by atoms with Crippen LogP contribution in [0.15, 0.2) is 28.0 Å². The molecule has 8 heteroatoms. The molecule has 0 fully saturated rings. The Kier molecular flexibility index (Phi) is 4.85. The lowest BCUT2D eigenvalue weighted by Gasteiger charge is -2.14. The van der Waals surface area contributed by atoms with Gasteiger partial charge in [-0.05, 0) is 13.0 Å². The first kappa shape index (κ1) is 15.5.